The zero-order valence-corrected chi connectivity index (χ0v) is 9.54. The van der Waals surface area contributed by atoms with Gasteiger partial charge in [-0.3, -0.25) is 0 Å². The van der Waals surface area contributed by atoms with Crippen molar-refractivity contribution in [3.8, 4) is 0 Å². The second-order valence-electron chi connectivity index (χ2n) is 3.65. The number of hydrogen-bond donors (Lipinski definition) is 1. The van der Waals surface area contributed by atoms with Crippen LogP contribution in [-0.4, -0.2) is 24.3 Å². The van der Waals surface area contributed by atoms with Gasteiger partial charge in [-0.15, -0.1) is 0 Å². The number of ether oxygens (including phenoxy) is 1. The van der Waals surface area contributed by atoms with Crippen LogP contribution in [-0.2, 0) is 10.9 Å². The minimum absolute atomic E-state index is 0.0128. The molecule has 0 aliphatic carbocycles. The Kier molecular flexibility index (Phi) is 5.15. The standard InChI is InChI=1S/C12H13F3O3/c13-12(14,15)10-5-3-4-9(8-10)11(17)18-7-2-1-6-16/h3-5,8,16H,1-2,6-7H2. The van der Waals surface area contributed by atoms with Crippen molar-refractivity contribution in [3.63, 3.8) is 0 Å². The lowest BCUT2D eigenvalue weighted by atomic mass is 10.1. The number of alkyl halides is 3. The third kappa shape index (κ3) is 4.37. The van der Waals surface area contributed by atoms with E-state index in [9.17, 15) is 18.0 Å². The van der Waals surface area contributed by atoms with Crippen molar-refractivity contribution in [1.82, 2.24) is 0 Å². The molecule has 3 nitrogen and oxygen atoms in total. The number of carbonyl (C=O) groups is 1. The van der Waals surface area contributed by atoms with Crippen LogP contribution in [0.1, 0.15) is 28.8 Å². The number of aliphatic hydroxyl groups is 1. The van der Waals surface area contributed by atoms with Crippen LogP contribution in [0.3, 0.4) is 0 Å². The molecule has 0 spiro atoms. The highest BCUT2D eigenvalue weighted by molar-refractivity contribution is 5.89. The number of carbonyl (C=O) groups excluding carboxylic acids is 1. The van der Waals surface area contributed by atoms with E-state index in [0.717, 1.165) is 18.2 Å². The molecular formula is C12H13F3O3. The number of rotatable bonds is 5. The zero-order valence-electron chi connectivity index (χ0n) is 9.54. The second-order valence-corrected chi connectivity index (χ2v) is 3.65. The number of hydrogen-bond acceptors (Lipinski definition) is 3. The Morgan fingerprint density at radius 1 is 1.28 bits per heavy atom. The van der Waals surface area contributed by atoms with E-state index in [2.05, 4.69) is 0 Å². The summed E-state index contributed by atoms with van der Waals surface area (Å²) in [5, 5.41) is 8.51. The van der Waals surface area contributed by atoms with Crippen LogP contribution in [0.2, 0.25) is 0 Å². The largest absolute Gasteiger partial charge is 0.462 e. The number of halogens is 3. The van der Waals surface area contributed by atoms with Crippen molar-refractivity contribution >= 4 is 5.97 Å². The molecule has 0 saturated carbocycles. The molecule has 0 atom stereocenters. The molecule has 0 unspecified atom stereocenters. The summed E-state index contributed by atoms with van der Waals surface area (Å²) in [6.45, 7) is 0.0662. The Balaban J connectivity index is 2.63. The highest BCUT2D eigenvalue weighted by Gasteiger charge is 2.30. The van der Waals surface area contributed by atoms with E-state index in [1.54, 1.807) is 0 Å². The topological polar surface area (TPSA) is 46.5 Å². The van der Waals surface area contributed by atoms with Gasteiger partial charge in [0.2, 0.25) is 0 Å². The second kappa shape index (κ2) is 6.39. The first-order valence-corrected chi connectivity index (χ1v) is 5.40. The van der Waals surface area contributed by atoms with Gasteiger partial charge >= 0.3 is 12.1 Å². The van der Waals surface area contributed by atoms with Gasteiger partial charge in [-0.2, -0.15) is 13.2 Å². The quantitative estimate of drug-likeness (QED) is 0.655. The Bertz CT molecular complexity index is 402. The highest BCUT2D eigenvalue weighted by atomic mass is 19.4. The van der Waals surface area contributed by atoms with Crippen molar-refractivity contribution < 1.29 is 27.8 Å². The Morgan fingerprint density at radius 3 is 2.61 bits per heavy atom. The summed E-state index contributed by atoms with van der Waals surface area (Å²) in [6, 6.07) is 4.08. The number of unbranched alkanes of at least 4 members (excludes halogenated alkanes) is 1. The molecule has 0 bridgehead atoms. The molecule has 0 aliphatic heterocycles. The van der Waals surface area contributed by atoms with Crippen molar-refractivity contribution in [2.24, 2.45) is 0 Å². The van der Waals surface area contributed by atoms with E-state index in [-0.39, 0.29) is 18.8 Å². The van der Waals surface area contributed by atoms with Gasteiger partial charge in [0.15, 0.2) is 0 Å². The first-order valence-electron chi connectivity index (χ1n) is 5.40. The maximum Gasteiger partial charge on any atom is 0.416 e. The van der Waals surface area contributed by atoms with E-state index in [1.807, 2.05) is 0 Å². The summed E-state index contributed by atoms with van der Waals surface area (Å²) >= 11 is 0. The fraction of sp³-hybridized carbons (Fsp3) is 0.417. The molecule has 18 heavy (non-hydrogen) atoms. The fourth-order valence-corrected chi connectivity index (χ4v) is 1.28. The number of aliphatic hydroxyl groups excluding tert-OH is 1. The summed E-state index contributed by atoms with van der Waals surface area (Å²) in [7, 11) is 0. The minimum atomic E-state index is -4.48. The molecule has 1 rings (SSSR count). The minimum Gasteiger partial charge on any atom is -0.462 e. The molecule has 0 amide bonds. The van der Waals surface area contributed by atoms with Gasteiger partial charge in [-0.25, -0.2) is 4.79 Å². The Labute approximate surface area is 102 Å². The van der Waals surface area contributed by atoms with Crippen molar-refractivity contribution in [2.45, 2.75) is 19.0 Å². The lowest BCUT2D eigenvalue weighted by Gasteiger charge is -2.08. The van der Waals surface area contributed by atoms with Crippen LogP contribution in [0.15, 0.2) is 24.3 Å². The van der Waals surface area contributed by atoms with Gasteiger partial charge in [0, 0.05) is 6.61 Å². The summed E-state index contributed by atoms with van der Waals surface area (Å²) in [6.07, 6.45) is -3.52. The average molecular weight is 262 g/mol. The molecule has 100 valence electrons. The molecule has 1 N–H and O–H groups in total. The molecule has 0 radical (unpaired) electrons. The number of esters is 1. The molecule has 0 heterocycles. The van der Waals surface area contributed by atoms with Crippen LogP contribution >= 0.6 is 0 Å². The molecule has 6 heteroatoms. The van der Waals surface area contributed by atoms with E-state index in [1.165, 1.54) is 6.07 Å². The fourth-order valence-electron chi connectivity index (χ4n) is 1.28. The van der Waals surface area contributed by atoms with Gasteiger partial charge in [-0.1, -0.05) is 6.07 Å². The molecule has 0 saturated heterocycles. The number of benzene rings is 1. The Hall–Kier alpha value is -1.56. The lowest BCUT2D eigenvalue weighted by Crippen LogP contribution is -2.10. The third-order valence-corrected chi connectivity index (χ3v) is 2.21. The van der Waals surface area contributed by atoms with Gasteiger partial charge in [0.05, 0.1) is 17.7 Å². The van der Waals surface area contributed by atoms with Gasteiger partial charge < -0.3 is 9.84 Å². The highest BCUT2D eigenvalue weighted by Crippen LogP contribution is 2.29. The summed E-state index contributed by atoms with van der Waals surface area (Å²) in [5.41, 5.74) is -1.01. The van der Waals surface area contributed by atoms with Crippen LogP contribution in [0.5, 0.6) is 0 Å². The summed E-state index contributed by atoms with van der Waals surface area (Å²) in [5.74, 6) is -0.793. The summed E-state index contributed by atoms with van der Waals surface area (Å²) < 4.78 is 42.0. The normalized spacial score (nSPS) is 11.3. The van der Waals surface area contributed by atoms with Crippen LogP contribution in [0.25, 0.3) is 0 Å². The molecule has 1 aromatic rings. The molecule has 0 aliphatic rings. The monoisotopic (exact) mass is 262 g/mol. The predicted octanol–water partition coefficient (Wildman–Crippen LogP) is 2.63. The SMILES string of the molecule is O=C(OCCCCO)c1cccc(C(F)(F)F)c1. The van der Waals surface area contributed by atoms with Gasteiger partial charge in [0.1, 0.15) is 0 Å². The van der Waals surface area contributed by atoms with Crippen molar-refractivity contribution in [3.05, 3.63) is 35.4 Å². The first kappa shape index (κ1) is 14.5. The third-order valence-electron chi connectivity index (χ3n) is 2.21. The average Bonchev–Trinajstić information content (AvgIpc) is 2.33. The van der Waals surface area contributed by atoms with E-state index >= 15 is 0 Å². The molecule has 1 aromatic carbocycles. The molecule has 0 aromatic heterocycles. The van der Waals surface area contributed by atoms with Crippen LogP contribution in [0.4, 0.5) is 13.2 Å². The van der Waals surface area contributed by atoms with Crippen LogP contribution in [0, 0.1) is 0 Å². The summed E-state index contributed by atoms with van der Waals surface area (Å²) in [4.78, 5) is 11.4. The van der Waals surface area contributed by atoms with E-state index < -0.39 is 17.7 Å². The van der Waals surface area contributed by atoms with Crippen molar-refractivity contribution in [2.75, 3.05) is 13.2 Å². The van der Waals surface area contributed by atoms with E-state index in [4.69, 9.17) is 9.84 Å². The maximum absolute atomic E-state index is 12.4. The molecular weight excluding hydrogens is 249 g/mol. The first-order chi connectivity index (χ1) is 8.45. The maximum atomic E-state index is 12.4. The van der Waals surface area contributed by atoms with Gasteiger partial charge in [-0.05, 0) is 31.0 Å². The zero-order chi connectivity index (χ0) is 13.6. The Morgan fingerprint density at radius 2 is 2.00 bits per heavy atom. The van der Waals surface area contributed by atoms with Gasteiger partial charge in [0.25, 0.3) is 0 Å². The smallest absolute Gasteiger partial charge is 0.416 e. The lowest BCUT2D eigenvalue weighted by molar-refractivity contribution is -0.137. The predicted molar refractivity (Wildman–Crippen MR) is 58.0 cm³/mol. The van der Waals surface area contributed by atoms with Crippen molar-refractivity contribution in [1.29, 1.82) is 0 Å². The van der Waals surface area contributed by atoms with E-state index in [0.29, 0.717) is 12.8 Å². The molecule has 0 fully saturated rings. The van der Waals surface area contributed by atoms with Crippen LogP contribution < -0.4 is 0 Å².